The van der Waals surface area contributed by atoms with Gasteiger partial charge in [0, 0.05) is 6.54 Å². The van der Waals surface area contributed by atoms with Crippen LogP contribution in [0, 0.1) is 5.92 Å². The molecule has 0 amide bonds. The number of hydrogen-bond acceptors (Lipinski definition) is 2. The van der Waals surface area contributed by atoms with Gasteiger partial charge in [0.1, 0.15) is 0 Å². The summed E-state index contributed by atoms with van der Waals surface area (Å²) in [6.45, 7) is 6.96. The minimum atomic E-state index is -0.444. The molecule has 0 aliphatic rings. The van der Waals surface area contributed by atoms with E-state index >= 15 is 0 Å². The molecule has 0 aliphatic heterocycles. The normalized spacial score (nSPS) is 10.8. The predicted molar refractivity (Wildman–Crippen MR) is 70.3 cm³/mol. The summed E-state index contributed by atoms with van der Waals surface area (Å²) in [6.07, 6.45) is 2.40. The zero-order valence-corrected chi connectivity index (χ0v) is 10.5. The van der Waals surface area contributed by atoms with Crippen LogP contribution in [-0.4, -0.2) is 12.1 Å². The van der Waals surface area contributed by atoms with Crippen molar-refractivity contribution in [1.29, 1.82) is 0 Å². The van der Waals surface area contributed by atoms with Gasteiger partial charge in [0.25, 0.3) is 0 Å². The molecule has 0 saturated carbocycles. The Bertz CT molecular complexity index is 264. The third kappa shape index (κ3) is 5.33. The third-order valence-electron chi connectivity index (χ3n) is 2.63. The van der Waals surface area contributed by atoms with Gasteiger partial charge in [-0.25, -0.2) is 0 Å². The standard InChI is InChI=1S/C13H22BNO/c1-11(2)4-5-12-6-8-13(9-7-12)10-15-14(3)16/h6-9,11,15-16H,4-5,10H2,1-3H3. The van der Waals surface area contributed by atoms with Crippen LogP contribution in [-0.2, 0) is 13.0 Å². The minimum absolute atomic E-state index is 0.444. The molecule has 0 aliphatic carbocycles. The molecule has 0 heterocycles. The van der Waals surface area contributed by atoms with E-state index in [-0.39, 0.29) is 0 Å². The lowest BCUT2D eigenvalue weighted by Crippen LogP contribution is -2.29. The topological polar surface area (TPSA) is 32.3 Å². The lowest BCUT2D eigenvalue weighted by atomic mass is 9.88. The van der Waals surface area contributed by atoms with E-state index < -0.39 is 7.05 Å². The summed E-state index contributed by atoms with van der Waals surface area (Å²) in [5.41, 5.74) is 2.61. The smallest absolute Gasteiger partial charge is 0.373 e. The van der Waals surface area contributed by atoms with E-state index in [1.54, 1.807) is 6.82 Å². The first-order valence-electron chi connectivity index (χ1n) is 6.07. The zero-order chi connectivity index (χ0) is 12.0. The third-order valence-corrected chi connectivity index (χ3v) is 2.63. The Balaban J connectivity index is 2.41. The van der Waals surface area contributed by atoms with Crippen molar-refractivity contribution in [2.75, 3.05) is 0 Å². The molecule has 1 aromatic rings. The summed E-state index contributed by atoms with van der Waals surface area (Å²) in [5, 5.41) is 12.1. The van der Waals surface area contributed by atoms with E-state index in [0.29, 0.717) is 0 Å². The van der Waals surface area contributed by atoms with Gasteiger partial charge in [-0.1, -0.05) is 38.1 Å². The molecule has 0 fully saturated rings. The second kappa shape index (κ2) is 6.72. The van der Waals surface area contributed by atoms with Crippen LogP contribution < -0.4 is 5.23 Å². The largest absolute Gasteiger partial charge is 0.437 e. The van der Waals surface area contributed by atoms with E-state index in [4.69, 9.17) is 5.02 Å². The maximum absolute atomic E-state index is 9.10. The highest BCUT2D eigenvalue weighted by atomic mass is 16.2. The van der Waals surface area contributed by atoms with Gasteiger partial charge >= 0.3 is 7.05 Å². The maximum Gasteiger partial charge on any atom is 0.373 e. The highest BCUT2D eigenvalue weighted by molar-refractivity contribution is 6.45. The average Bonchev–Trinajstić information content (AvgIpc) is 2.25. The molecule has 3 heteroatoms. The minimum Gasteiger partial charge on any atom is -0.437 e. The summed E-state index contributed by atoms with van der Waals surface area (Å²) in [5.74, 6) is 0.761. The van der Waals surface area contributed by atoms with Gasteiger partial charge in [0.2, 0.25) is 0 Å². The molecule has 88 valence electrons. The number of aryl methyl sites for hydroxylation is 1. The molecule has 0 aromatic heterocycles. The van der Waals surface area contributed by atoms with Gasteiger partial charge < -0.3 is 10.3 Å². The van der Waals surface area contributed by atoms with Crippen molar-refractivity contribution < 1.29 is 5.02 Å². The van der Waals surface area contributed by atoms with Gasteiger partial charge in [0.15, 0.2) is 0 Å². The van der Waals surface area contributed by atoms with E-state index in [9.17, 15) is 0 Å². The molecule has 2 N–H and O–H groups in total. The fraction of sp³-hybridized carbons (Fsp3) is 0.538. The molecule has 16 heavy (non-hydrogen) atoms. The molecule has 1 rings (SSSR count). The molecule has 0 saturated heterocycles. The Morgan fingerprint density at radius 3 is 2.25 bits per heavy atom. The van der Waals surface area contributed by atoms with Crippen molar-refractivity contribution in [3.05, 3.63) is 35.4 Å². The Morgan fingerprint density at radius 2 is 1.75 bits per heavy atom. The summed E-state index contributed by atoms with van der Waals surface area (Å²) in [7, 11) is -0.444. The molecular weight excluding hydrogens is 197 g/mol. The van der Waals surface area contributed by atoms with Crippen LogP contribution in [0.2, 0.25) is 6.82 Å². The number of nitrogens with one attached hydrogen (secondary N) is 1. The fourth-order valence-corrected chi connectivity index (χ4v) is 1.54. The van der Waals surface area contributed by atoms with Crippen LogP contribution in [0.4, 0.5) is 0 Å². The van der Waals surface area contributed by atoms with Gasteiger partial charge in [0.05, 0.1) is 0 Å². The van der Waals surface area contributed by atoms with E-state index in [2.05, 4.69) is 43.3 Å². The van der Waals surface area contributed by atoms with Crippen molar-refractivity contribution in [2.24, 2.45) is 5.92 Å². The Morgan fingerprint density at radius 1 is 1.19 bits per heavy atom. The van der Waals surface area contributed by atoms with Crippen molar-refractivity contribution in [2.45, 2.75) is 40.1 Å². The lowest BCUT2D eigenvalue weighted by molar-refractivity contribution is 0.554. The lowest BCUT2D eigenvalue weighted by Gasteiger charge is -2.07. The van der Waals surface area contributed by atoms with Gasteiger partial charge in [-0.3, -0.25) is 0 Å². The number of benzene rings is 1. The highest BCUT2D eigenvalue weighted by Crippen LogP contribution is 2.10. The first-order valence-corrected chi connectivity index (χ1v) is 6.07. The average molecular weight is 219 g/mol. The molecule has 0 atom stereocenters. The molecular formula is C13H22BNO. The number of rotatable bonds is 6. The molecule has 0 bridgehead atoms. The molecule has 0 spiro atoms. The predicted octanol–water partition coefficient (Wildman–Crippen LogP) is 2.48. The van der Waals surface area contributed by atoms with E-state index in [0.717, 1.165) is 18.9 Å². The van der Waals surface area contributed by atoms with Crippen LogP contribution >= 0.6 is 0 Å². The Labute approximate surface area is 99.2 Å². The summed E-state index contributed by atoms with van der Waals surface area (Å²) in [6, 6.07) is 8.62. The zero-order valence-electron chi connectivity index (χ0n) is 10.5. The second-order valence-corrected chi connectivity index (χ2v) is 4.81. The van der Waals surface area contributed by atoms with Crippen molar-refractivity contribution in [3.63, 3.8) is 0 Å². The Kier molecular flexibility index (Phi) is 5.57. The summed E-state index contributed by atoms with van der Waals surface area (Å²) in [4.78, 5) is 0. The SMILES string of the molecule is CB(O)NCc1ccc(CCC(C)C)cc1. The van der Waals surface area contributed by atoms with Gasteiger partial charge in [-0.15, -0.1) is 0 Å². The van der Waals surface area contributed by atoms with E-state index in [1.165, 1.54) is 17.5 Å². The van der Waals surface area contributed by atoms with Crippen LogP contribution in [0.25, 0.3) is 0 Å². The van der Waals surface area contributed by atoms with Gasteiger partial charge in [-0.05, 0) is 36.7 Å². The maximum atomic E-state index is 9.10. The van der Waals surface area contributed by atoms with Crippen molar-refractivity contribution in [1.82, 2.24) is 5.23 Å². The first kappa shape index (κ1) is 13.3. The highest BCUT2D eigenvalue weighted by Gasteiger charge is 2.01. The van der Waals surface area contributed by atoms with Crippen LogP contribution in [0.3, 0.4) is 0 Å². The van der Waals surface area contributed by atoms with Crippen molar-refractivity contribution >= 4 is 7.05 Å². The van der Waals surface area contributed by atoms with E-state index in [1.807, 2.05) is 0 Å². The molecule has 0 unspecified atom stereocenters. The molecule has 2 nitrogen and oxygen atoms in total. The van der Waals surface area contributed by atoms with Gasteiger partial charge in [-0.2, -0.15) is 0 Å². The van der Waals surface area contributed by atoms with Crippen LogP contribution in [0.15, 0.2) is 24.3 Å². The quantitative estimate of drug-likeness (QED) is 0.720. The molecule has 0 radical (unpaired) electrons. The number of hydrogen-bond donors (Lipinski definition) is 2. The second-order valence-electron chi connectivity index (χ2n) is 4.81. The van der Waals surface area contributed by atoms with Crippen LogP contribution in [0.5, 0.6) is 0 Å². The fourth-order valence-electron chi connectivity index (χ4n) is 1.54. The van der Waals surface area contributed by atoms with Crippen molar-refractivity contribution in [3.8, 4) is 0 Å². The van der Waals surface area contributed by atoms with Crippen LogP contribution in [0.1, 0.15) is 31.4 Å². The molecule has 1 aromatic carbocycles. The first-order chi connectivity index (χ1) is 7.58. The summed E-state index contributed by atoms with van der Waals surface area (Å²) < 4.78 is 0. The Hall–Kier alpha value is -0.795. The monoisotopic (exact) mass is 219 g/mol. The summed E-state index contributed by atoms with van der Waals surface area (Å²) >= 11 is 0.